The van der Waals surface area contributed by atoms with Crippen molar-refractivity contribution >= 4 is 43.4 Å². The highest BCUT2D eigenvalue weighted by molar-refractivity contribution is 6.17. The summed E-state index contributed by atoms with van der Waals surface area (Å²) in [5.41, 5.74) is 10.6. The Labute approximate surface area is 329 Å². The molecule has 0 bridgehead atoms. The van der Waals surface area contributed by atoms with E-state index in [2.05, 4.69) is 156 Å². The van der Waals surface area contributed by atoms with Crippen LogP contribution in [0.15, 0.2) is 107 Å². The third-order valence-electron chi connectivity index (χ3n) is 17.1. The zero-order chi connectivity index (χ0) is 39.9. The first-order valence-electron chi connectivity index (χ1n) is 20.3. The van der Waals surface area contributed by atoms with Crippen molar-refractivity contribution in [2.24, 2.45) is 10.8 Å². The van der Waals surface area contributed by atoms with E-state index in [1.807, 2.05) is 28.8 Å². The van der Waals surface area contributed by atoms with Crippen LogP contribution < -0.4 is 11.1 Å². The van der Waals surface area contributed by atoms with Gasteiger partial charge in [-0.3, -0.25) is 9.59 Å². The number of hydrogen-bond donors (Lipinski definition) is 0. The summed E-state index contributed by atoms with van der Waals surface area (Å²) < 4.78 is 3.30. The Morgan fingerprint density at radius 2 is 0.696 bits per heavy atom. The van der Waals surface area contributed by atoms with Gasteiger partial charge in [-0.1, -0.05) is 168 Å². The van der Waals surface area contributed by atoms with E-state index in [1.165, 1.54) is 26.8 Å². The number of nitrogens with zero attached hydrogens (tertiary/aromatic N) is 2. The van der Waals surface area contributed by atoms with Gasteiger partial charge in [-0.2, -0.15) is 4.52 Å². The first-order valence-corrected chi connectivity index (χ1v) is 20.3. The summed E-state index contributed by atoms with van der Waals surface area (Å²) in [5, 5.41) is 5.13. The normalized spacial score (nSPS) is 19.7. The molecule has 4 nitrogen and oxygen atoms in total. The van der Waals surface area contributed by atoms with Gasteiger partial charge in [0.2, 0.25) is 0 Å². The molecule has 2 aromatic heterocycles. The van der Waals surface area contributed by atoms with E-state index < -0.39 is 0 Å². The van der Waals surface area contributed by atoms with Crippen molar-refractivity contribution in [3.63, 3.8) is 0 Å². The average molecular weight is 737 g/mol. The molecule has 0 aliphatic heterocycles. The van der Waals surface area contributed by atoms with Gasteiger partial charge >= 0.3 is 0 Å². The molecule has 0 saturated carbocycles. The van der Waals surface area contributed by atoms with Gasteiger partial charge in [0.05, 0.1) is 21.8 Å². The molecule has 56 heavy (non-hydrogen) atoms. The van der Waals surface area contributed by atoms with E-state index in [1.54, 1.807) is 0 Å². The van der Waals surface area contributed by atoms with Gasteiger partial charge in [0.1, 0.15) is 0 Å². The number of rotatable bonds is 2. The second kappa shape index (κ2) is 10.4. The average Bonchev–Trinajstić information content (AvgIpc) is 3.69. The lowest BCUT2D eigenvalue weighted by atomic mass is 9.59. The lowest BCUT2D eigenvalue weighted by Gasteiger charge is -2.44. The fourth-order valence-electron chi connectivity index (χ4n) is 11.3. The Balaban J connectivity index is 1.26. The Morgan fingerprint density at radius 3 is 1.07 bits per heavy atom. The smallest absolute Gasteiger partial charge is 0.267 e. The number of aromatic nitrogens is 2. The van der Waals surface area contributed by atoms with E-state index in [-0.39, 0.29) is 43.6 Å². The fourth-order valence-corrected chi connectivity index (χ4v) is 11.3. The quantitative estimate of drug-likeness (QED) is 0.177. The minimum absolute atomic E-state index is 0.000307. The summed E-state index contributed by atoms with van der Waals surface area (Å²) in [7, 11) is 0. The summed E-state index contributed by atoms with van der Waals surface area (Å²) in [4.78, 5) is 29.4. The van der Waals surface area contributed by atoms with Crippen LogP contribution in [-0.2, 0) is 21.7 Å². The first kappa shape index (κ1) is 35.2. The van der Waals surface area contributed by atoms with Crippen molar-refractivity contribution < 1.29 is 0 Å². The van der Waals surface area contributed by atoms with Gasteiger partial charge in [0.25, 0.3) is 11.1 Å². The predicted octanol–water partition coefficient (Wildman–Crippen LogP) is 12.3. The van der Waals surface area contributed by atoms with Crippen molar-refractivity contribution in [1.29, 1.82) is 0 Å². The Bertz CT molecular complexity index is 2970. The zero-order valence-corrected chi connectivity index (χ0v) is 34.9. The van der Waals surface area contributed by atoms with Gasteiger partial charge in [-0.25, -0.2) is 4.52 Å². The molecule has 0 unspecified atom stereocenters. The molecular formula is C52H52N2O2. The maximum atomic E-state index is 14.7. The summed E-state index contributed by atoms with van der Waals surface area (Å²) in [5.74, 6) is 0. The minimum atomic E-state index is -0.286. The topological polar surface area (TPSA) is 43.0 Å². The number of benzene rings is 6. The monoisotopic (exact) mass is 736 g/mol. The standard InChI is InChI=1S/C52H52N2O2/c1-47(2)39-23-21-29(25-41(39)49(5,6)51(47,9)10)35-27-37-43(33-19-15-13-17-31(33)35)53-44-34-20-16-14-18-32(34)36(28-38(44)46(56)54(53)45(37)55)30-22-24-40-42(26-30)50(7,8)52(11,12)48(40,3)4/h13-28H,1-12H3. The van der Waals surface area contributed by atoms with E-state index >= 15 is 0 Å². The highest BCUT2D eigenvalue weighted by atomic mass is 16.2. The van der Waals surface area contributed by atoms with Crippen molar-refractivity contribution in [3.8, 4) is 22.3 Å². The molecule has 0 amide bonds. The Hall–Kier alpha value is -5.22. The molecule has 2 aliphatic rings. The summed E-state index contributed by atoms with van der Waals surface area (Å²) >= 11 is 0. The lowest BCUT2D eigenvalue weighted by Crippen LogP contribution is -2.42. The largest absolute Gasteiger partial charge is 0.282 e. The van der Waals surface area contributed by atoms with Crippen LogP contribution >= 0.6 is 0 Å². The van der Waals surface area contributed by atoms with E-state index in [0.29, 0.717) is 10.8 Å². The van der Waals surface area contributed by atoms with Crippen LogP contribution in [-0.4, -0.2) is 9.03 Å². The molecule has 8 aromatic rings. The molecule has 0 spiro atoms. The van der Waals surface area contributed by atoms with Gasteiger partial charge in [-0.05, 0) is 99.9 Å². The van der Waals surface area contributed by atoms with E-state index in [9.17, 15) is 9.59 Å². The second-order valence-corrected chi connectivity index (χ2v) is 20.2. The van der Waals surface area contributed by atoms with Crippen molar-refractivity contribution in [3.05, 3.63) is 140 Å². The molecule has 0 atom stereocenters. The minimum Gasteiger partial charge on any atom is -0.267 e. The highest BCUT2D eigenvalue weighted by Gasteiger charge is 2.58. The molecule has 282 valence electrons. The first-order chi connectivity index (χ1) is 26.2. The van der Waals surface area contributed by atoms with Gasteiger partial charge in [0.15, 0.2) is 0 Å². The Morgan fingerprint density at radius 1 is 0.357 bits per heavy atom. The molecule has 6 aromatic carbocycles. The highest BCUT2D eigenvalue weighted by Crippen LogP contribution is 2.63. The molecule has 0 radical (unpaired) electrons. The van der Waals surface area contributed by atoms with E-state index in [0.717, 1.165) is 54.8 Å². The van der Waals surface area contributed by atoms with E-state index in [4.69, 9.17) is 0 Å². The molecule has 0 fully saturated rings. The number of hydrogen-bond acceptors (Lipinski definition) is 2. The molecule has 0 saturated heterocycles. The maximum absolute atomic E-state index is 14.7. The van der Waals surface area contributed by atoms with Crippen molar-refractivity contribution in [1.82, 2.24) is 9.03 Å². The predicted molar refractivity (Wildman–Crippen MR) is 235 cm³/mol. The maximum Gasteiger partial charge on any atom is 0.282 e. The van der Waals surface area contributed by atoms with Gasteiger partial charge in [0, 0.05) is 10.8 Å². The fraction of sp³-hybridized carbons (Fsp3) is 0.346. The summed E-state index contributed by atoms with van der Waals surface area (Å²) in [6.45, 7) is 28.4. The SMILES string of the molecule is CC1(C)c2ccc(-c3cc4c(=O)n5c(=O)c6cc(-c7ccc8c(c7)C(C)(C)C(C)(C)C8(C)C)c7ccccc7c6n5c4c4ccccc34)cc2C(C)(C)C1(C)C. The van der Waals surface area contributed by atoms with Crippen LogP contribution in [0, 0.1) is 10.8 Å². The molecule has 10 rings (SSSR count). The van der Waals surface area contributed by atoms with Crippen LogP contribution in [0.1, 0.15) is 105 Å². The van der Waals surface area contributed by atoms with Crippen LogP contribution in [0.3, 0.4) is 0 Å². The Kier molecular flexibility index (Phi) is 6.53. The molecule has 0 N–H and O–H groups in total. The van der Waals surface area contributed by atoms with Crippen LogP contribution in [0.25, 0.3) is 65.6 Å². The molecule has 2 aliphatic carbocycles. The van der Waals surface area contributed by atoms with Crippen LogP contribution in [0.4, 0.5) is 0 Å². The van der Waals surface area contributed by atoms with Gasteiger partial charge in [-0.15, -0.1) is 0 Å². The van der Waals surface area contributed by atoms with Crippen molar-refractivity contribution in [2.75, 3.05) is 0 Å². The zero-order valence-electron chi connectivity index (χ0n) is 34.9. The van der Waals surface area contributed by atoms with Crippen LogP contribution in [0.2, 0.25) is 0 Å². The third kappa shape index (κ3) is 3.82. The van der Waals surface area contributed by atoms with Crippen molar-refractivity contribution in [2.45, 2.75) is 105 Å². The molecule has 2 heterocycles. The van der Waals surface area contributed by atoms with Crippen LogP contribution in [0.5, 0.6) is 0 Å². The number of fused-ring (bicyclic) bond motifs is 11. The summed E-state index contributed by atoms with van der Waals surface area (Å²) in [6, 6.07) is 34.6. The second-order valence-electron chi connectivity index (χ2n) is 20.2. The van der Waals surface area contributed by atoms with Gasteiger partial charge < -0.3 is 0 Å². The summed E-state index contributed by atoms with van der Waals surface area (Å²) in [6.07, 6.45) is 0. The third-order valence-corrected chi connectivity index (χ3v) is 17.1. The lowest BCUT2D eigenvalue weighted by molar-refractivity contribution is 0.125. The molecule has 4 heteroatoms. The molecular weight excluding hydrogens is 685 g/mol.